The second-order valence-electron chi connectivity index (χ2n) is 45.2. The number of rotatable bonds is 24. The SMILES string of the molecule is C=CC1O[C@@H]2C3=C(C)[C@@H](O)C[C@@](O)([C@@H](OC(=O)c4ccccc4)[C@@H]4[C@]5(OC(=O)CC)CO[C@@H]5C[C@H](O)[C@@]4(C)[C@@H]2O1)C3(C)C.C=CC1O[C@@H]2C3=C(C)[C@@H](O)C[C@@](O)([C@@H](OC(=O)c4ccccc4)[C@@H]4[C@]5(OC(=O)CC)CO[C@@H]5C[C@H](O[Si](CC)(CC)CC)[C@@]4(C)[C@@H]2O1)C3(C)C.C=CC1O[C@@H]2C3=C(C)[C@@H](O[Si](CC)(CC)CC)C[C@@](O)([C@@H](OC(=O)c4ccccc4)[C@@H]4[C@]5(OC(C)=O)CO[C@@H]5C[C@H](C)[C@@]4(C)[C@@H]2O1)C3(C)C. The van der Waals surface area contributed by atoms with Crippen LogP contribution in [0.3, 0.4) is 0 Å². The predicted octanol–water partition coefficient (Wildman–Crippen LogP) is 15.5. The molecule has 12 fully saturated rings. The Bertz CT molecular complexity index is 5350. The van der Waals surface area contributed by atoms with E-state index in [-0.39, 0.29) is 69.8 Å². The third-order valence-corrected chi connectivity index (χ3v) is 47.5. The minimum absolute atomic E-state index is 0.0281. The maximum atomic E-state index is 14.3. The Balaban J connectivity index is 0.000000154. The number of carbonyl (C=O) groups excluding carboxylic acids is 6. The molecule has 3 aromatic carbocycles. The zero-order valence-corrected chi connectivity index (χ0v) is 89.0. The van der Waals surface area contributed by atoms with E-state index in [4.69, 9.17) is 79.9 Å². The van der Waals surface area contributed by atoms with Crippen molar-refractivity contribution in [2.75, 3.05) is 19.8 Å². The Morgan fingerprint density at radius 1 is 0.415 bits per heavy atom. The predicted molar refractivity (Wildman–Crippen MR) is 528 cm³/mol. The van der Waals surface area contributed by atoms with Gasteiger partial charge in [0.05, 0.1) is 103 Å². The van der Waals surface area contributed by atoms with Crippen molar-refractivity contribution in [1.82, 2.24) is 0 Å². The largest absolute Gasteiger partial charge is 0.455 e. The Morgan fingerprint density at radius 3 is 1.08 bits per heavy atom. The summed E-state index contributed by atoms with van der Waals surface area (Å²) in [6.07, 6.45) is -10.4. The van der Waals surface area contributed by atoms with E-state index in [0.29, 0.717) is 46.3 Å². The Morgan fingerprint density at radius 2 is 0.732 bits per heavy atom. The van der Waals surface area contributed by atoms with E-state index in [2.05, 4.69) is 89.0 Å². The molecule has 780 valence electrons. The number of aliphatic hydroxyl groups excluding tert-OH is 3. The maximum Gasteiger partial charge on any atom is 0.338 e. The summed E-state index contributed by atoms with van der Waals surface area (Å²) in [5, 5.41) is 75.5. The molecule has 0 aromatic heterocycles. The molecule has 6 bridgehead atoms. The molecule has 9 aliphatic carbocycles. The van der Waals surface area contributed by atoms with Gasteiger partial charge in [-0.15, -0.1) is 0 Å². The zero-order valence-electron chi connectivity index (χ0n) is 87.0. The lowest BCUT2D eigenvalue weighted by atomic mass is 9.43. The van der Waals surface area contributed by atoms with Crippen LogP contribution in [0.2, 0.25) is 36.3 Å². The van der Waals surface area contributed by atoms with Crippen molar-refractivity contribution in [2.24, 2.45) is 56.2 Å². The van der Waals surface area contributed by atoms with Crippen molar-refractivity contribution >= 4 is 52.5 Å². The molecule has 3 unspecified atom stereocenters. The average Bonchev–Trinajstić information content (AvgIpc) is 1.08. The van der Waals surface area contributed by atoms with E-state index in [1.54, 1.807) is 112 Å². The topological polar surface area (TPSA) is 381 Å². The van der Waals surface area contributed by atoms with Gasteiger partial charge in [0.1, 0.15) is 71.7 Å². The fourth-order valence-corrected chi connectivity index (χ4v) is 34.9. The molecule has 6 saturated heterocycles. The number of aliphatic hydroxyl groups is 6. The molecule has 3 aromatic rings. The highest BCUT2D eigenvalue weighted by Gasteiger charge is 2.84. The Hall–Kier alpha value is -7.33. The van der Waals surface area contributed by atoms with Crippen molar-refractivity contribution in [3.05, 3.63) is 179 Å². The van der Waals surface area contributed by atoms with Crippen LogP contribution < -0.4 is 0 Å². The van der Waals surface area contributed by atoms with E-state index in [1.807, 2.05) is 67.5 Å². The van der Waals surface area contributed by atoms with Gasteiger partial charge in [0, 0.05) is 84.4 Å². The minimum atomic E-state index is -2.33. The summed E-state index contributed by atoms with van der Waals surface area (Å²) in [7, 11) is -4.53. The van der Waals surface area contributed by atoms with Gasteiger partial charge in [-0.3, -0.25) is 14.4 Å². The van der Waals surface area contributed by atoms with Gasteiger partial charge in [0.2, 0.25) is 0 Å². The summed E-state index contributed by atoms with van der Waals surface area (Å²) in [5.74, 6) is -5.98. The summed E-state index contributed by atoms with van der Waals surface area (Å²) in [5.41, 5.74) is -10.2. The van der Waals surface area contributed by atoms with Crippen LogP contribution in [-0.4, -0.2) is 259 Å². The Kier molecular flexibility index (Phi) is 29.5. The lowest BCUT2D eigenvalue weighted by Gasteiger charge is -2.69. The molecule has 33 atom stereocenters. The molecular formula is C111H154O29Si2. The lowest BCUT2D eigenvalue weighted by molar-refractivity contribution is -0.362. The van der Waals surface area contributed by atoms with Gasteiger partial charge >= 0.3 is 35.8 Å². The van der Waals surface area contributed by atoms with Crippen LogP contribution in [0.15, 0.2) is 162 Å². The van der Waals surface area contributed by atoms with E-state index in [9.17, 15) is 59.4 Å². The molecule has 29 nitrogen and oxygen atoms in total. The minimum Gasteiger partial charge on any atom is -0.455 e. The molecule has 0 amide bonds. The number of carbonyl (C=O) groups is 6. The van der Waals surface area contributed by atoms with Gasteiger partial charge in [0.15, 0.2) is 52.3 Å². The summed E-state index contributed by atoms with van der Waals surface area (Å²) in [6.45, 7) is 55.4. The van der Waals surface area contributed by atoms with E-state index in [1.165, 1.54) is 13.0 Å². The van der Waals surface area contributed by atoms with Crippen molar-refractivity contribution in [2.45, 2.75) is 396 Å². The molecule has 6 heterocycles. The van der Waals surface area contributed by atoms with Gasteiger partial charge in [-0.2, -0.15) is 0 Å². The van der Waals surface area contributed by atoms with Crippen LogP contribution in [0.1, 0.15) is 235 Å². The standard InChI is InChI=1S/C39H56O10Si.C39H56O9Si.C33H42O10/c1-10-28(41)48-38-22-44-27(38)20-26(49-50(12-3,13-4)14-5)37(9)32(38)34(47-35(42)24-18-16-15-17-19-24)39(43)21-25(40)23(6)30(36(39,7)8)31-33(37)46-29(11-2)45-31;1-11-29-44-31-30-24(6)27(48-49(12-2,13-3)14-4)21-39(42,36(30,8)9)34(46-35(41)26-18-16-15-17-19-26)32-37(10,33(31)45-29)23(5)20-28-38(32,22-43-28)47-25(7)40;1-7-22(36)43-32-16-39-21(32)14-20(35)31(6)26(32)28(42-29(37)18-12-10-9-11-13-18)33(38)15-19(34)17(3)24(30(33,4)5)25-27(31)41-23(8-2)40-25/h11,15-19,25-27,29,31-34,40,43H,2,10,12-14,20-22H2,1,3-9H3;11,15-19,23,27-29,31-34,42H,1,12-14,20-22H2,2-10H3;8-13,19-21,23,25-28,34-35,38H,2,7,14-16H2,1,3-6H3/t25-,26-,27+,29?,31+,32-,33+,34-,37+,38-,39+;23-,27-,28+,29?,31+,32-,33+,34-,37+,38-,39+;19-,20-,21+,23?,25+,26-,27+,28-,31+,32-,33+/m000/s1. The fraction of sp³-hybridized carbons (Fsp3) is 0.676. The first-order chi connectivity index (χ1) is 67.0. The fourth-order valence-electron chi connectivity index (χ4n) is 29.1. The normalized spacial score (nSPS) is 41.7. The lowest BCUT2D eigenvalue weighted by Crippen LogP contribution is -2.82. The molecule has 142 heavy (non-hydrogen) atoms. The van der Waals surface area contributed by atoms with Crippen LogP contribution in [0, 0.1) is 56.2 Å². The summed E-state index contributed by atoms with van der Waals surface area (Å²) < 4.78 is 112. The molecule has 18 rings (SSSR count). The van der Waals surface area contributed by atoms with Crippen LogP contribution in [0.25, 0.3) is 0 Å². The van der Waals surface area contributed by atoms with Crippen LogP contribution in [0.4, 0.5) is 0 Å². The van der Waals surface area contributed by atoms with Crippen LogP contribution in [-0.2, 0) is 94.3 Å². The van der Waals surface area contributed by atoms with Gasteiger partial charge < -0.3 is 111 Å². The monoisotopic (exact) mass is 2010 g/mol. The van der Waals surface area contributed by atoms with Crippen molar-refractivity contribution in [3.63, 3.8) is 0 Å². The highest BCUT2D eigenvalue weighted by atomic mass is 28.4. The molecule has 6 saturated carbocycles. The third kappa shape index (κ3) is 16.3. The number of hydrogen-bond acceptors (Lipinski definition) is 29. The van der Waals surface area contributed by atoms with Gasteiger partial charge in [-0.1, -0.05) is 199 Å². The van der Waals surface area contributed by atoms with Crippen molar-refractivity contribution in [3.8, 4) is 0 Å². The average molecular weight is 2010 g/mol. The first-order valence-electron chi connectivity index (χ1n) is 51.7. The first kappa shape index (κ1) is 107. The van der Waals surface area contributed by atoms with Gasteiger partial charge in [0.25, 0.3) is 0 Å². The quantitative estimate of drug-likeness (QED) is 0.0210. The molecule has 0 radical (unpaired) electrons. The smallest absolute Gasteiger partial charge is 0.338 e. The highest BCUT2D eigenvalue weighted by Crippen LogP contribution is 2.73. The number of fused-ring (bicyclic) bond motifs is 24. The summed E-state index contributed by atoms with van der Waals surface area (Å²) >= 11 is 0. The van der Waals surface area contributed by atoms with Crippen molar-refractivity contribution < 1.29 is 139 Å². The molecule has 6 aliphatic heterocycles. The first-order valence-corrected chi connectivity index (χ1v) is 56.8. The molecular weight excluding hydrogens is 1850 g/mol. The highest BCUT2D eigenvalue weighted by molar-refractivity contribution is 6.74. The van der Waals surface area contributed by atoms with Crippen molar-refractivity contribution in [1.29, 1.82) is 0 Å². The van der Waals surface area contributed by atoms with Gasteiger partial charge in [-0.25, -0.2) is 14.4 Å². The second-order valence-corrected chi connectivity index (χ2v) is 54.6. The molecule has 15 aliphatic rings. The van der Waals surface area contributed by atoms with E-state index >= 15 is 0 Å². The molecule has 31 heteroatoms. The van der Waals surface area contributed by atoms with Crippen LogP contribution >= 0.6 is 0 Å². The van der Waals surface area contributed by atoms with E-state index < -0.39 is 259 Å². The van der Waals surface area contributed by atoms with Crippen LogP contribution in [0.5, 0.6) is 0 Å². The number of benzene rings is 3. The summed E-state index contributed by atoms with van der Waals surface area (Å²) in [4.78, 5) is 81.9. The summed E-state index contributed by atoms with van der Waals surface area (Å²) in [6, 6.07) is 31.4. The third-order valence-electron chi connectivity index (χ3n) is 38.2. The number of ether oxygens (including phenoxy) is 15. The number of hydrogen-bond donors (Lipinski definition) is 6. The van der Waals surface area contributed by atoms with Gasteiger partial charge in [-0.05, 0) is 157 Å². The maximum absolute atomic E-state index is 14.3. The Labute approximate surface area is 838 Å². The number of esters is 6. The molecule has 0 spiro atoms. The zero-order chi connectivity index (χ0) is 103. The second kappa shape index (κ2) is 39.0. The molecule has 6 N–H and O–H groups in total. The van der Waals surface area contributed by atoms with E-state index in [0.717, 1.165) is 47.4 Å².